The SMILES string of the molecule is O=C(CS)OCCCc1ccccc1. The lowest BCUT2D eigenvalue weighted by molar-refractivity contribution is -0.140. The van der Waals surface area contributed by atoms with E-state index in [1.807, 2.05) is 18.2 Å². The van der Waals surface area contributed by atoms with E-state index < -0.39 is 0 Å². The molecule has 1 rings (SSSR count). The van der Waals surface area contributed by atoms with Crippen molar-refractivity contribution in [2.24, 2.45) is 0 Å². The van der Waals surface area contributed by atoms with Crippen molar-refractivity contribution in [3.05, 3.63) is 35.9 Å². The van der Waals surface area contributed by atoms with Crippen molar-refractivity contribution in [1.29, 1.82) is 0 Å². The molecule has 14 heavy (non-hydrogen) atoms. The summed E-state index contributed by atoms with van der Waals surface area (Å²) in [6.07, 6.45) is 1.81. The van der Waals surface area contributed by atoms with Crippen molar-refractivity contribution < 1.29 is 9.53 Å². The Morgan fingerprint density at radius 3 is 2.64 bits per heavy atom. The summed E-state index contributed by atoms with van der Waals surface area (Å²) in [7, 11) is 0. The highest BCUT2D eigenvalue weighted by atomic mass is 32.1. The molecule has 1 aromatic rings. The van der Waals surface area contributed by atoms with E-state index in [9.17, 15) is 4.79 Å². The fraction of sp³-hybridized carbons (Fsp3) is 0.364. The minimum absolute atomic E-state index is 0.158. The van der Waals surface area contributed by atoms with E-state index >= 15 is 0 Å². The van der Waals surface area contributed by atoms with Crippen LogP contribution >= 0.6 is 12.6 Å². The fourth-order valence-electron chi connectivity index (χ4n) is 1.15. The van der Waals surface area contributed by atoms with Crippen LogP contribution in [0.15, 0.2) is 30.3 Å². The van der Waals surface area contributed by atoms with Crippen molar-refractivity contribution >= 4 is 18.6 Å². The molecule has 0 saturated heterocycles. The Balaban J connectivity index is 2.13. The van der Waals surface area contributed by atoms with Gasteiger partial charge in [-0.15, -0.1) is 0 Å². The van der Waals surface area contributed by atoms with E-state index in [2.05, 4.69) is 24.8 Å². The quantitative estimate of drug-likeness (QED) is 0.457. The Bertz CT molecular complexity index is 272. The summed E-state index contributed by atoms with van der Waals surface area (Å²) in [5.74, 6) is -0.0906. The van der Waals surface area contributed by atoms with E-state index in [1.54, 1.807) is 0 Å². The maximum atomic E-state index is 10.7. The third kappa shape index (κ3) is 4.33. The molecular weight excluding hydrogens is 196 g/mol. The van der Waals surface area contributed by atoms with Gasteiger partial charge in [-0.1, -0.05) is 30.3 Å². The molecule has 1 aromatic carbocycles. The van der Waals surface area contributed by atoms with Crippen molar-refractivity contribution in [3.8, 4) is 0 Å². The number of thiol groups is 1. The van der Waals surface area contributed by atoms with Crippen LogP contribution in [0.25, 0.3) is 0 Å². The molecule has 0 amide bonds. The summed E-state index contributed by atoms with van der Waals surface area (Å²) >= 11 is 3.81. The zero-order chi connectivity index (χ0) is 10.2. The largest absolute Gasteiger partial charge is 0.465 e. The molecule has 2 nitrogen and oxygen atoms in total. The first kappa shape index (κ1) is 11.1. The van der Waals surface area contributed by atoms with Gasteiger partial charge in [-0.25, -0.2) is 0 Å². The Morgan fingerprint density at radius 1 is 1.29 bits per heavy atom. The second kappa shape index (κ2) is 6.49. The molecule has 0 heterocycles. The molecule has 0 aromatic heterocycles. The third-order valence-electron chi connectivity index (χ3n) is 1.84. The topological polar surface area (TPSA) is 26.3 Å². The first-order valence-electron chi connectivity index (χ1n) is 4.63. The van der Waals surface area contributed by atoms with Gasteiger partial charge in [-0.05, 0) is 18.4 Å². The summed E-state index contributed by atoms with van der Waals surface area (Å²) in [5, 5.41) is 0. The summed E-state index contributed by atoms with van der Waals surface area (Å²) in [6, 6.07) is 10.1. The van der Waals surface area contributed by atoms with E-state index in [-0.39, 0.29) is 11.7 Å². The second-order valence-electron chi connectivity index (χ2n) is 2.97. The summed E-state index contributed by atoms with van der Waals surface area (Å²) < 4.78 is 4.90. The van der Waals surface area contributed by atoms with Crippen molar-refractivity contribution in [2.45, 2.75) is 12.8 Å². The van der Waals surface area contributed by atoms with Gasteiger partial charge in [-0.3, -0.25) is 4.79 Å². The fourth-order valence-corrected chi connectivity index (χ4v) is 1.24. The molecule has 0 fully saturated rings. The van der Waals surface area contributed by atoms with Gasteiger partial charge in [0.25, 0.3) is 0 Å². The summed E-state index contributed by atoms with van der Waals surface area (Å²) in [4.78, 5) is 10.7. The number of esters is 1. The van der Waals surface area contributed by atoms with Crippen molar-refractivity contribution in [2.75, 3.05) is 12.4 Å². The minimum atomic E-state index is -0.249. The van der Waals surface area contributed by atoms with Crippen LogP contribution in [0.2, 0.25) is 0 Å². The number of rotatable bonds is 5. The lowest BCUT2D eigenvalue weighted by atomic mass is 10.1. The molecule has 0 N–H and O–H groups in total. The Labute approximate surface area is 89.7 Å². The van der Waals surface area contributed by atoms with Crippen LogP contribution in [0.4, 0.5) is 0 Å². The predicted octanol–water partition coefficient (Wildman–Crippen LogP) is 2.09. The standard InChI is InChI=1S/C11H14O2S/c12-11(9-14)13-8-4-7-10-5-2-1-3-6-10/h1-3,5-6,14H,4,7-9H2. The lowest BCUT2D eigenvalue weighted by Crippen LogP contribution is -2.07. The van der Waals surface area contributed by atoms with Crippen LogP contribution in [0, 0.1) is 0 Å². The highest BCUT2D eigenvalue weighted by molar-refractivity contribution is 7.81. The summed E-state index contributed by atoms with van der Waals surface area (Å²) in [6.45, 7) is 0.480. The third-order valence-corrected chi connectivity index (χ3v) is 2.10. The zero-order valence-electron chi connectivity index (χ0n) is 7.98. The number of hydrogen-bond acceptors (Lipinski definition) is 3. The van der Waals surface area contributed by atoms with Gasteiger partial charge in [0, 0.05) is 0 Å². The number of carbonyl (C=O) groups is 1. The predicted molar refractivity (Wildman–Crippen MR) is 59.6 cm³/mol. The van der Waals surface area contributed by atoms with E-state index in [0.717, 1.165) is 12.8 Å². The Morgan fingerprint density at radius 2 is 2.00 bits per heavy atom. The smallest absolute Gasteiger partial charge is 0.315 e. The molecule has 0 aliphatic carbocycles. The van der Waals surface area contributed by atoms with Gasteiger partial charge in [0.2, 0.25) is 0 Å². The van der Waals surface area contributed by atoms with Gasteiger partial charge in [0.05, 0.1) is 12.4 Å². The van der Waals surface area contributed by atoms with Crippen LogP contribution in [0.1, 0.15) is 12.0 Å². The molecule has 0 atom stereocenters. The first-order valence-corrected chi connectivity index (χ1v) is 5.26. The lowest BCUT2D eigenvalue weighted by Gasteiger charge is -2.02. The molecule has 3 heteroatoms. The molecule has 0 aliphatic rings. The van der Waals surface area contributed by atoms with Gasteiger partial charge in [0.15, 0.2) is 0 Å². The van der Waals surface area contributed by atoms with Gasteiger partial charge in [-0.2, -0.15) is 12.6 Å². The number of aryl methyl sites for hydroxylation is 1. The molecule has 0 unspecified atom stereocenters. The number of hydrogen-bond donors (Lipinski definition) is 1. The number of benzene rings is 1. The van der Waals surface area contributed by atoms with Crippen LogP contribution in [0.3, 0.4) is 0 Å². The van der Waals surface area contributed by atoms with Gasteiger partial charge < -0.3 is 4.74 Å². The average molecular weight is 210 g/mol. The van der Waals surface area contributed by atoms with Crippen LogP contribution < -0.4 is 0 Å². The minimum Gasteiger partial charge on any atom is -0.465 e. The zero-order valence-corrected chi connectivity index (χ0v) is 8.87. The Kier molecular flexibility index (Phi) is 5.15. The first-order chi connectivity index (χ1) is 6.83. The van der Waals surface area contributed by atoms with Crippen molar-refractivity contribution in [3.63, 3.8) is 0 Å². The maximum absolute atomic E-state index is 10.7. The number of carbonyl (C=O) groups excluding carboxylic acids is 1. The monoisotopic (exact) mass is 210 g/mol. The molecule has 0 aliphatic heterocycles. The van der Waals surface area contributed by atoms with Crippen molar-refractivity contribution in [1.82, 2.24) is 0 Å². The highest BCUT2D eigenvalue weighted by Crippen LogP contribution is 2.02. The molecular formula is C11H14O2S. The summed E-state index contributed by atoms with van der Waals surface area (Å²) in [5.41, 5.74) is 1.27. The molecule has 0 bridgehead atoms. The Hall–Kier alpha value is -0.960. The second-order valence-corrected chi connectivity index (χ2v) is 3.28. The molecule has 0 radical (unpaired) electrons. The normalized spacial score (nSPS) is 9.79. The van der Waals surface area contributed by atoms with Gasteiger partial charge in [0.1, 0.15) is 0 Å². The van der Waals surface area contributed by atoms with E-state index in [0.29, 0.717) is 6.61 Å². The highest BCUT2D eigenvalue weighted by Gasteiger charge is 1.98. The van der Waals surface area contributed by atoms with Gasteiger partial charge >= 0.3 is 5.97 Å². The van der Waals surface area contributed by atoms with E-state index in [4.69, 9.17) is 4.74 Å². The van der Waals surface area contributed by atoms with Crippen LogP contribution in [-0.2, 0) is 16.0 Å². The van der Waals surface area contributed by atoms with E-state index in [1.165, 1.54) is 5.56 Å². The average Bonchev–Trinajstić information content (AvgIpc) is 2.25. The van der Waals surface area contributed by atoms with Crippen LogP contribution in [-0.4, -0.2) is 18.3 Å². The number of ether oxygens (including phenoxy) is 1. The maximum Gasteiger partial charge on any atom is 0.315 e. The van der Waals surface area contributed by atoms with Crippen LogP contribution in [0.5, 0.6) is 0 Å². The molecule has 0 saturated carbocycles. The molecule has 0 spiro atoms. The molecule has 76 valence electrons.